The van der Waals surface area contributed by atoms with Crippen LogP contribution >= 0.6 is 11.6 Å². The number of benzene rings is 1. The molecule has 4 heteroatoms. The fourth-order valence-corrected chi connectivity index (χ4v) is 2.16. The molecule has 18 heavy (non-hydrogen) atoms. The molecule has 3 nitrogen and oxygen atoms in total. The van der Waals surface area contributed by atoms with Crippen LogP contribution in [0.4, 0.5) is 5.69 Å². The molecule has 1 aromatic carbocycles. The Hall–Kier alpha value is -1.22. The molecule has 0 aliphatic heterocycles. The number of halogens is 1. The van der Waals surface area contributed by atoms with Gasteiger partial charge in [-0.1, -0.05) is 11.6 Å². The van der Waals surface area contributed by atoms with Gasteiger partial charge in [-0.15, -0.1) is 0 Å². The number of amides is 1. The van der Waals surface area contributed by atoms with E-state index in [9.17, 15) is 4.79 Å². The molecular weight excluding hydrogens is 248 g/mol. The van der Waals surface area contributed by atoms with Crippen molar-refractivity contribution in [3.8, 4) is 0 Å². The van der Waals surface area contributed by atoms with Crippen LogP contribution in [-0.4, -0.2) is 30.9 Å². The normalized spacial score (nSPS) is 16.2. The molecule has 0 spiro atoms. The van der Waals surface area contributed by atoms with Gasteiger partial charge in [0, 0.05) is 25.7 Å². The van der Waals surface area contributed by atoms with Crippen molar-refractivity contribution in [3.05, 3.63) is 28.8 Å². The third kappa shape index (κ3) is 2.96. The zero-order valence-electron chi connectivity index (χ0n) is 11.0. The van der Waals surface area contributed by atoms with E-state index in [4.69, 9.17) is 11.6 Å². The number of anilines is 1. The number of carbonyl (C=O) groups is 1. The van der Waals surface area contributed by atoms with Crippen molar-refractivity contribution in [1.29, 1.82) is 0 Å². The van der Waals surface area contributed by atoms with Gasteiger partial charge in [-0.25, -0.2) is 0 Å². The van der Waals surface area contributed by atoms with E-state index in [2.05, 4.69) is 12.2 Å². The van der Waals surface area contributed by atoms with Crippen molar-refractivity contribution in [2.24, 2.45) is 5.92 Å². The lowest BCUT2D eigenvalue weighted by Gasteiger charge is -2.17. The third-order valence-corrected chi connectivity index (χ3v) is 3.66. The van der Waals surface area contributed by atoms with Crippen molar-refractivity contribution in [1.82, 2.24) is 4.90 Å². The molecule has 98 valence electrons. The second kappa shape index (κ2) is 5.19. The Morgan fingerprint density at radius 2 is 2.11 bits per heavy atom. The minimum atomic E-state index is -0.00575. The summed E-state index contributed by atoms with van der Waals surface area (Å²) in [6.07, 6.45) is 2.56. The molecular formula is C14H19ClN2O. The van der Waals surface area contributed by atoms with Crippen LogP contribution in [0.3, 0.4) is 0 Å². The van der Waals surface area contributed by atoms with Crippen molar-refractivity contribution < 1.29 is 4.79 Å². The zero-order valence-corrected chi connectivity index (χ0v) is 11.8. The summed E-state index contributed by atoms with van der Waals surface area (Å²) in [5.41, 5.74) is 1.51. The Labute approximate surface area is 113 Å². The molecule has 1 N–H and O–H groups in total. The van der Waals surface area contributed by atoms with E-state index in [-0.39, 0.29) is 5.91 Å². The molecule has 1 aromatic rings. The summed E-state index contributed by atoms with van der Waals surface area (Å²) in [4.78, 5) is 13.5. The molecule has 0 bridgehead atoms. The van der Waals surface area contributed by atoms with Gasteiger partial charge in [0.2, 0.25) is 0 Å². The highest BCUT2D eigenvalue weighted by atomic mass is 35.5. The van der Waals surface area contributed by atoms with Crippen molar-refractivity contribution >= 4 is 23.2 Å². The van der Waals surface area contributed by atoms with Crippen LogP contribution in [-0.2, 0) is 0 Å². The number of rotatable bonds is 4. The highest BCUT2D eigenvalue weighted by Crippen LogP contribution is 2.35. The monoisotopic (exact) mass is 266 g/mol. The number of nitrogens with one attached hydrogen (secondary N) is 1. The van der Waals surface area contributed by atoms with Crippen LogP contribution in [0.1, 0.15) is 30.1 Å². The minimum absolute atomic E-state index is 0.00575. The van der Waals surface area contributed by atoms with Crippen molar-refractivity contribution in [3.63, 3.8) is 0 Å². The standard InChI is InChI=1S/C14H19ClN2O/c1-9(10-4-5-10)16-13-8-11(6-7-12(13)15)14(18)17(2)3/h6-10,16H,4-5H2,1-3H3. The molecule has 1 fully saturated rings. The number of carbonyl (C=O) groups excluding carboxylic acids is 1. The lowest BCUT2D eigenvalue weighted by molar-refractivity contribution is 0.0827. The van der Waals surface area contributed by atoms with Gasteiger partial charge in [-0.2, -0.15) is 0 Å². The molecule has 1 unspecified atom stereocenters. The SMILES string of the molecule is CC(Nc1cc(C(=O)N(C)C)ccc1Cl)C1CC1. The molecule has 1 amide bonds. The average molecular weight is 267 g/mol. The summed E-state index contributed by atoms with van der Waals surface area (Å²) >= 11 is 6.16. The van der Waals surface area contributed by atoms with Crippen LogP contribution in [0.2, 0.25) is 5.02 Å². The highest BCUT2D eigenvalue weighted by Gasteiger charge is 2.28. The van der Waals surface area contributed by atoms with E-state index in [0.717, 1.165) is 11.6 Å². The van der Waals surface area contributed by atoms with Crippen LogP contribution in [0, 0.1) is 5.92 Å². The Bertz CT molecular complexity index is 455. The molecule has 0 saturated heterocycles. The Kier molecular flexibility index (Phi) is 3.81. The molecule has 0 radical (unpaired) electrons. The summed E-state index contributed by atoms with van der Waals surface area (Å²) in [5, 5.41) is 4.07. The fourth-order valence-electron chi connectivity index (χ4n) is 1.99. The second-order valence-electron chi connectivity index (χ2n) is 5.16. The predicted molar refractivity (Wildman–Crippen MR) is 75.3 cm³/mol. The van der Waals surface area contributed by atoms with E-state index in [1.165, 1.54) is 12.8 Å². The largest absolute Gasteiger partial charge is 0.381 e. The molecule has 1 aliphatic rings. The summed E-state index contributed by atoms with van der Waals surface area (Å²) in [7, 11) is 3.49. The van der Waals surface area contributed by atoms with Gasteiger partial charge >= 0.3 is 0 Å². The first-order chi connectivity index (χ1) is 8.49. The molecule has 0 heterocycles. The molecule has 1 saturated carbocycles. The van der Waals surface area contributed by atoms with E-state index < -0.39 is 0 Å². The van der Waals surface area contributed by atoms with Gasteiger partial charge in [-0.3, -0.25) is 4.79 Å². The minimum Gasteiger partial charge on any atom is -0.381 e. The summed E-state index contributed by atoms with van der Waals surface area (Å²) < 4.78 is 0. The first kappa shape index (κ1) is 13.2. The van der Waals surface area contributed by atoms with Crippen molar-refractivity contribution in [2.45, 2.75) is 25.8 Å². The van der Waals surface area contributed by atoms with Crippen LogP contribution < -0.4 is 5.32 Å². The summed E-state index contributed by atoms with van der Waals surface area (Å²) in [6.45, 7) is 2.16. The fraction of sp³-hybridized carbons (Fsp3) is 0.500. The smallest absolute Gasteiger partial charge is 0.253 e. The highest BCUT2D eigenvalue weighted by molar-refractivity contribution is 6.33. The topological polar surface area (TPSA) is 32.3 Å². The molecule has 1 atom stereocenters. The first-order valence-corrected chi connectivity index (χ1v) is 6.64. The Morgan fingerprint density at radius 3 is 2.67 bits per heavy atom. The Morgan fingerprint density at radius 1 is 1.44 bits per heavy atom. The van der Waals surface area contributed by atoms with Gasteiger partial charge < -0.3 is 10.2 Å². The van der Waals surface area contributed by atoms with Crippen LogP contribution in [0.5, 0.6) is 0 Å². The maximum absolute atomic E-state index is 11.9. The second-order valence-corrected chi connectivity index (χ2v) is 5.57. The first-order valence-electron chi connectivity index (χ1n) is 6.27. The average Bonchev–Trinajstić information content (AvgIpc) is 3.14. The maximum Gasteiger partial charge on any atom is 0.253 e. The zero-order chi connectivity index (χ0) is 13.3. The number of nitrogens with zero attached hydrogens (tertiary/aromatic N) is 1. The van der Waals surface area contributed by atoms with E-state index in [1.54, 1.807) is 31.1 Å². The third-order valence-electron chi connectivity index (χ3n) is 3.33. The molecule has 1 aliphatic carbocycles. The summed E-state index contributed by atoms with van der Waals surface area (Å²) in [5.74, 6) is 0.739. The van der Waals surface area contributed by atoms with Gasteiger partial charge in [-0.05, 0) is 43.9 Å². The van der Waals surface area contributed by atoms with E-state index in [0.29, 0.717) is 16.6 Å². The quantitative estimate of drug-likeness (QED) is 0.907. The molecule has 2 rings (SSSR count). The van der Waals surface area contributed by atoms with Gasteiger partial charge in [0.25, 0.3) is 5.91 Å². The number of hydrogen-bond donors (Lipinski definition) is 1. The van der Waals surface area contributed by atoms with Crippen molar-refractivity contribution in [2.75, 3.05) is 19.4 Å². The molecule has 0 aromatic heterocycles. The maximum atomic E-state index is 11.9. The van der Waals surface area contributed by atoms with Gasteiger partial charge in [0.05, 0.1) is 10.7 Å². The number of hydrogen-bond acceptors (Lipinski definition) is 2. The Balaban J connectivity index is 2.17. The van der Waals surface area contributed by atoms with E-state index in [1.807, 2.05) is 6.07 Å². The van der Waals surface area contributed by atoms with Crippen LogP contribution in [0.15, 0.2) is 18.2 Å². The van der Waals surface area contributed by atoms with Crippen LogP contribution in [0.25, 0.3) is 0 Å². The van der Waals surface area contributed by atoms with E-state index >= 15 is 0 Å². The van der Waals surface area contributed by atoms with Gasteiger partial charge in [0.15, 0.2) is 0 Å². The van der Waals surface area contributed by atoms with Gasteiger partial charge in [0.1, 0.15) is 0 Å². The predicted octanol–water partition coefficient (Wildman–Crippen LogP) is 3.25. The lowest BCUT2D eigenvalue weighted by Crippen LogP contribution is -2.22. The summed E-state index contributed by atoms with van der Waals surface area (Å²) in [6, 6.07) is 5.79. The lowest BCUT2D eigenvalue weighted by atomic mass is 10.1.